The molecule has 1 N–H and O–H groups in total. The Kier molecular flexibility index (Phi) is 4.30. The quantitative estimate of drug-likeness (QED) is 0.936. The van der Waals surface area contributed by atoms with Crippen LogP contribution in [0.2, 0.25) is 0 Å². The van der Waals surface area contributed by atoms with E-state index in [1.165, 1.54) is 22.4 Å². The van der Waals surface area contributed by atoms with Crippen molar-refractivity contribution in [3.63, 3.8) is 0 Å². The maximum absolute atomic E-state index is 3.58. The van der Waals surface area contributed by atoms with Crippen LogP contribution in [0.15, 0.2) is 48.5 Å². The van der Waals surface area contributed by atoms with Gasteiger partial charge in [-0.1, -0.05) is 36.4 Å². The van der Waals surface area contributed by atoms with E-state index in [-0.39, 0.29) is 0 Å². The van der Waals surface area contributed by atoms with Gasteiger partial charge in [0.15, 0.2) is 0 Å². The highest BCUT2D eigenvalue weighted by Gasteiger charge is 2.35. The van der Waals surface area contributed by atoms with Crippen LogP contribution >= 0.6 is 0 Å². The highest BCUT2D eigenvalue weighted by Crippen LogP contribution is 2.41. The van der Waals surface area contributed by atoms with Crippen molar-refractivity contribution in [2.75, 3.05) is 44.7 Å². The number of benzene rings is 2. The molecular formula is C21H27N3. The molecule has 3 nitrogen and oxygen atoms in total. The Balaban J connectivity index is 1.81. The Morgan fingerprint density at radius 1 is 1.12 bits per heavy atom. The van der Waals surface area contributed by atoms with Gasteiger partial charge in [0.2, 0.25) is 0 Å². The second-order valence-corrected chi connectivity index (χ2v) is 7.01. The Hall–Kier alpha value is -1.84. The lowest BCUT2D eigenvalue weighted by molar-refractivity contribution is 0.143. The summed E-state index contributed by atoms with van der Waals surface area (Å²) in [6.45, 7) is 7.68. The molecule has 0 spiro atoms. The molecule has 0 radical (unpaired) electrons. The number of hydrogen-bond acceptors (Lipinski definition) is 3. The second-order valence-electron chi connectivity index (χ2n) is 7.01. The second kappa shape index (κ2) is 6.58. The Morgan fingerprint density at radius 3 is 2.75 bits per heavy atom. The summed E-state index contributed by atoms with van der Waals surface area (Å²) < 4.78 is 0. The van der Waals surface area contributed by atoms with Crippen LogP contribution in [-0.2, 0) is 0 Å². The third-order valence-electron chi connectivity index (χ3n) is 5.69. The topological polar surface area (TPSA) is 18.5 Å². The van der Waals surface area contributed by atoms with Gasteiger partial charge in [0.25, 0.3) is 0 Å². The van der Waals surface area contributed by atoms with E-state index in [0.29, 0.717) is 12.0 Å². The fraction of sp³-hybridized carbons (Fsp3) is 0.429. The maximum atomic E-state index is 3.58. The fourth-order valence-electron chi connectivity index (χ4n) is 4.16. The number of fused-ring (bicyclic) bond motifs is 3. The summed E-state index contributed by atoms with van der Waals surface area (Å²) in [5, 5.41) is 3.58. The molecule has 0 saturated carbocycles. The first-order valence-electron chi connectivity index (χ1n) is 9.12. The van der Waals surface area contributed by atoms with Crippen LogP contribution in [0, 0.1) is 0 Å². The molecule has 0 bridgehead atoms. The molecule has 4 rings (SSSR count). The molecule has 2 aromatic carbocycles. The van der Waals surface area contributed by atoms with Gasteiger partial charge in [0.05, 0.1) is 0 Å². The summed E-state index contributed by atoms with van der Waals surface area (Å²) in [5.41, 5.74) is 5.79. The first-order valence-corrected chi connectivity index (χ1v) is 9.12. The van der Waals surface area contributed by atoms with Crippen LogP contribution < -0.4 is 10.2 Å². The van der Waals surface area contributed by atoms with E-state index in [1.54, 1.807) is 0 Å². The van der Waals surface area contributed by atoms with Crippen LogP contribution in [0.3, 0.4) is 0 Å². The van der Waals surface area contributed by atoms with Gasteiger partial charge >= 0.3 is 0 Å². The van der Waals surface area contributed by atoms with Gasteiger partial charge in [-0.25, -0.2) is 0 Å². The molecule has 2 aromatic rings. The van der Waals surface area contributed by atoms with Gasteiger partial charge in [0, 0.05) is 57.4 Å². The molecule has 0 amide bonds. The van der Waals surface area contributed by atoms with E-state index < -0.39 is 0 Å². The number of nitrogens with one attached hydrogen (secondary N) is 1. The summed E-state index contributed by atoms with van der Waals surface area (Å²) >= 11 is 0. The summed E-state index contributed by atoms with van der Waals surface area (Å²) in [6, 6.07) is 18.6. The molecule has 3 heteroatoms. The molecule has 2 aliphatic rings. The fourth-order valence-corrected chi connectivity index (χ4v) is 4.16. The van der Waals surface area contributed by atoms with Crippen molar-refractivity contribution in [3.8, 4) is 0 Å². The average Bonchev–Trinajstić information content (AvgIpc) is 2.67. The predicted octanol–water partition coefficient (Wildman–Crippen LogP) is 3.23. The van der Waals surface area contributed by atoms with Gasteiger partial charge in [-0.05, 0) is 35.7 Å². The molecule has 1 fully saturated rings. The lowest BCUT2D eigenvalue weighted by Crippen LogP contribution is -2.50. The smallest absolute Gasteiger partial charge is 0.0476 e. The standard InChI is InChI=1S/C21H27N3/c1-3-23(2)17-9-10-18-19(13-17)20(16-7-5-4-6-8-16)15-24-12-11-22-14-21(18)24/h4-10,13,20-22H,3,11-12,14-15H2,1-2H3/t20-,21+/m1/s1. The highest BCUT2D eigenvalue weighted by atomic mass is 15.2. The van der Waals surface area contributed by atoms with Gasteiger partial charge in [0.1, 0.15) is 0 Å². The van der Waals surface area contributed by atoms with E-state index in [0.717, 1.165) is 32.7 Å². The lowest BCUT2D eigenvalue weighted by Gasteiger charge is -2.44. The SMILES string of the molecule is CCN(C)c1ccc2c(c1)[C@@H](c1ccccc1)CN1CCNC[C@@H]21. The normalized spacial score (nSPS) is 23.4. The van der Waals surface area contributed by atoms with Crippen molar-refractivity contribution in [2.45, 2.75) is 18.9 Å². The summed E-state index contributed by atoms with van der Waals surface area (Å²) in [4.78, 5) is 4.99. The van der Waals surface area contributed by atoms with Gasteiger partial charge in [-0.3, -0.25) is 4.90 Å². The third kappa shape index (κ3) is 2.72. The molecule has 24 heavy (non-hydrogen) atoms. The Labute approximate surface area is 145 Å². The zero-order valence-electron chi connectivity index (χ0n) is 14.7. The molecule has 0 unspecified atom stereocenters. The Bertz CT molecular complexity index is 697. The summed E-state index contributed by atoms with van der Waals surface area (Å²) in [6.07, 6.45) is 0. The number of rotatable bonds is 3. The zero-order valence-corrected chi connectivity index (χ0v) is 14.7. The van der Waals surface area contributed by atoms with E-state index in [2.05, 4.69) is 77.6 Å². The monoisotopic (exact) mass is 321 g/mol. The number of anilines is 1. The van der Waals surface area contributed by atoms with Crippen molar-refractivity contribution in [2.24, 2.45) is 0 Å². The molecular weight excluding hydrogens is 294 g/mol. The van der Waals surface area contributed by atoms with E-state index in [9.17, 15) is 0 Å². The first-order chi connectivity index (χ1) is 11.8. The summed E-state index contributed by atoms with van der Waals surface area (Å²) in [5.74, 6) is 0.473. The minimum Gasteiger partial charge on any atom is -0.375 e. The van der Waals surface area contributed by atoms with Gasteiger partial charge in [-0.15, -0.1) is 0 Å². The van der Waals surface area contributed by atoms with Gasteiger partial charge < -0.3 is 10.2 Å². The van der Waals surface area contributed by atoms with Crippen molar-refractivity contribution in [1.29, 1.82) is 0 Å². The number of nitrogens with zero attached hydrogens (tertiary/aromatic N) is 2. The minimum absolute atomic E-state index is 0.473. The molecule has 1 saturated heterocycles. The first kappa shape index (κ1) is 15.7. The van der Waals surface area contributed by atoms with Crippen molar-refractivity contribution >= 4 is 5.69 Å². The molecule has 126 valence electrons. The largest absolute Gasteiger partial charge is 0.375 e. The zero-order chi connectivity index (χ0) is 16.5. The molecule has 0 aromatic heterocycles. The highest BCUT2D eigenvalue weighted by molar-refractivity contribution is 5.55. The van der Waals surface area contributed by atoms with Crippen molar-refractivity contribution < 1.29 is 0 Å². The molecule has 0 aliphatic carbocycles. The van der Waals surface area contributed by atoms with E-state index in [4.69, 9.17) is 0 Å². The van der Waals surface area contributed by atoms with E-state index in [1.807, 2.05) is 0 Å². The summed E-state index contributed by atoms with van der Waals surface area (Å²) in [7, 11) is 2.18. The number of piperazine rings is 1. The minimum atomic E-state index is 0.473. The molecule has 2 aliphatic heterocycles. The molecule has 2 heterocycles. The van der Waals surface area contributed by atoms with Crippen molar-refractivity contribution in [1.82, 2.24) is 10.2 Å². The van der Waals surface area contributed by atoms with Crippen LogP contribution in [0.4, 0.5) is 5.69 Å². The average molecular weight is 321 g/mol. The van der Waals surface area contributed by atoms with E-state index >= 15 is 0 Å². The van der Waals surface area contributed by atoms with Crippen molar-refractivity contribution in [3.05, 3.63) is 65.2 Å². The van der Waals surface area contributed by atoms with Crippen LogP contribution in [-0.4, -0.2) is 44.7 Å². The Morgan fingerprint density at radius 2 is 1.96 bits per heavy atom. The van der Waals surface area contributed by atoms with Crippen LogP contribution in [0.25, 0.3) is 0 Å². The van der Waals surface area contributed by atoms with Crippen LogP contribution in [0.5, 0.6) is 0 Å². The maximum Gasteiger partial charge on any atom is 0.0476 e. The number of hydrogen-bond donors (Lipinski definition) is 1. The van der Waals surface area contributed by atoms with Crippen LogP contribution in [0.1, 0.15) is 35.6 Å². The predicted molar refractivity (Wildman–Crippen MR) is 101 cm³/mol. The lowest BCUT2D eigenvalue weighted by atomic mass is 9.80. The third-order valence-corrected chi connectivity index (χ3v) is 5.69. The van der Waals surface area contributed by atoms with Gasteiger partial charge in [-0.2, -0.15) is 0 Å². The molecule has 2 atom stereocenters.